The first kappa shape index (κ1) is 16.0. The van der Waals surface area contributed by atoms with Gasteiger partial charge in [0.2, 0.25) is 0 Å². The van der Waals surface area contributed by atoms with E-state index >= 15 is 0 Å². The average molecular weight is 278 g/mol. The van der Waals surface area contributed by atoms with Crippen molar-refractivity contribution >= 4 is 12.0 Å². The van der Waals surface area contributed by atoms with Crippen LogP contribution in [0.15, 0.2) is 30.3 Å². The predicted octanol–water partition coefficient (Wildman–Crippen LogP) is 2.13. The van der Waals surface area contributed by atoms with Crippen molar-refractivity contribution in [2.45, 2.75) is 26.2 Å². The molecular weight excluding hydrogens is 256 g/mol. The molecule has 110 valence electrons. The lowest BCUT2D eigenvalue weighted by Gasteiger charge is -2.20. The van der Waals surface area contributed by atoms with Gasteiger partial charge in [-0.1, -0.05) is 37.3 Å². The van der Waals surface area contributed by atoms with E-state index < -0.39 is 5.97 Å². The highest BCUT2D eigenvalue weighted by Gasteiger charge is 2.14. The van der Waals surface area contributed by atoms with Gasteiger partial charge in [-0.15, -0.1) is 0 Å². The van der Waals surface area contributed by atoms with Gasteiger partial charge < -0.3 is 15.3 Å². The van der Waals surface area contributed by atoms with Gasteiger partial charge in [-0.2, -0.15) is 0 Å². The average Bonchev–Trinajstić information content (AvgIpc) is 2.43. The molecule has 1 aromatic carbocycles. The number of carboxylic acid groups (broad SMARTS) is 1. The number of hydrogen-bond acceptors (Lipinski definition) is 2. The van der Waals surface area contributed by atoms with E-state index in [2.05, 4.69) is 17.4 Å². The van der Waals surface area contributed by atoms with Gasteiger partial charge in [0.1, 0.15) is 6.54 Å². The summed E-state index contributed by atoms with van der Waals surface area (Å²) in [5.41, 5.74) is 1.23. The van der Waals surface area contributed by atoms with Crippen molar-refractivity contribution < 1.29 is 14.7 Å². The number of carboxylic acids is 1. The van der Waals surface area contributed by atoms with Crippen LogP contribution in [-0.2, 0) is 11.2 Å². The van der Waals surface area contributed by atoms with Crippen LogP contribution in [0.4, 0.5) is 4.79 Å². The van der Waals surface area contributed by atoms with Crippen LogP contribution >= 0.6 is 0 Å². The summed E-state index contributed by atoms with van der Waals surface area (Å²) < 4.78 is 0. The number of aliphatic carboxylic acids is 1. The highest BCUT2D eigenvalue weighted by molar-refractivity contribution is 5.80. The van der Waals surface area contributed by atoms with E-state index in [9.17, 15) is 9.59 Å². The molecule has 1 rings (SSSR count). The largest absolute Gasteiger partial charge is 0.480 e. The summed E-state index contributed by atoms with van der Waals surface area (Å²) in [6.07, 6.45) is 2.47. The van der Waals surface area contributed by atoms with E-state index in [1.54, 1.807) is 0 Å². The molecule has 5 heteroatoms. The van der Waals surface area contributed by atoms with Crippen LogP contribution in [0.3, 0.4) is 0 Å². The number of benzene rings is 1. The smallest absolute Gasteiger partial charge is 0.323 e. The number of hydrogen-bond donors (Lipinski definition) is 2. The quantitative estimate of drug-likeness (QED) is 0.716. The van der Waals surface area contributed by atoms with Gasteiger partial charge in [0, 0.05) is 13.1 Å². The maximum absolute atomic E-state index is 11.8. The van der Waals surface area contributed by atoms with Crippen molar-refractivity contribution in [3.63, 3.8) is 0 Å². The molecular formula is C15H22N2O3. The highest BCUT2D eigenvalue weighted by atomic mass is 16.4. The Morgan fingerprint density at radius 1 is 1.25 bits per heavy atom. The van der Waals surface area contributed by atoms with Gasteiger partial charge >= 0.3 is 12.0 Å². The molecule has 0 aromatic heterocycles. The maximum atomic E-state index is 11.8. The van der Waals surface area contributed by atoms with Crippen molar-refractivity contribution in [1.29, 1.82) is 0 Å². The first-order valence-electron chi connectivity index (χ1n) is 6.92. The summed E-state index contributed by atoms with van der Waals surface area (Å²) in [6, 6.07) is 9.75. The zero-order valence-electron chi connectivity index (χ0n) is 11.8. The topological polar surface area (TPSA) is 69.6 Å². The van der Waals surface area contributed by atoms with E-state index in [1.165, 1.54) is 10.5 Å². The molecule has 0 atom stereocenters. The molecule has 1 aromatic rings. The third-order valence-corrected chi connectivity index (χ3v) is 2.87. The van der Waals surface area contributed by atoms with E-state index in [4.69, 9.17) is 5.11 Å². The number of amides is 2. The van der Waals surface area contributed by atoms with Crippen molar-refractivity contribution in [3.8, 4) is 0 Å². The molecule has 0 fully saturated rings. The molecule has 0 saturated carbocycles. The number of carbonyl (C=O) groups excluding carboxylic acids is 1. The van der Waals surface area contributed by atoms with Gasteiger partial charge in [0.05, 0.1) is 0 Å². The summed E-state index contributed by atoms with van der Waals surface area (Å²) in [5.74, 6) is -0.988. The summed E-state index contributed by atoms with van der Waals surface area (Å²) in [7, 11) is 0. The summed E-state index contributed by atoms with van der Waals surface area (Å²) in [5, 5.41) is 11.5. The summed E-state index contributed by atoms with van der Waals surface area (Å²) in [4.78, 5) is 23.8. The minimum atomic E-state index is -0.988. The minimum absolute atomic E-state index is 0.252. The second-order valence-corrected chi connectivity index (χ2v) is 4.64. The normalized spacial score (nSPS) is 10.1. The van der Waals surface area contributed by atoms with Gasteiger partial charge in [-0.05, 0) is 24.8 Å². The van der Waals surface area contributed by atoms with Crippen molar-refractivity contribution in [3.05, 3.63) is 35.9 Å². The monoisotopic (exact) mass is 278 g/mol. The van der Waals surface area contributed by atoms with Gasteiger partial charge in [0.15, 0.2) is 0 Å². The molecule has 5 nitrogen and oxygen atoms in total. The molecule has 0 aliphatic rings. The number of nitrogens with one attached hydrogen (secondary N) is 1. The second kappa shape index (κ2) is 8.96. The lowest BCUT2D eigenvalue weighted by atomic mass is 10.1. The van der Waals surface area contributed by atoms with Crippen LogP contribution in [0.25, 0.3) is 0 Å². The molecule has 0 bridgehead atoms. The molecule has 2 N–H and O–H groups in total. The number of nitrogens with zero attached hydrogens (tertiary/aromatic N) is 1. The van der Waals surface area contributed by atoms with E-state index in [-0.39, 0.29) is 12.6 Å². The summed E-state index contributed by atoms with van der Waals surface area (Å²) >= 11 is 0. The van der Waals surface area contributed by atoms with Crippen LogP contribution in [0.5, 0.6) is 0 Å². The molecule has 20 heavy (non-hydrogen) atoms. The zero-order chi connectivity index (χ0) is 14.8. The fraction of sp³-hybridized carbons (Fsp3) is 0.467. The van der Waals surface area contributed by atoms with Crippen molar-refractivity contribution in [2.24, 2.45) is 0 Å². The minimum Gasteiger partial charge on any atom is -0.480 e. The second-order valence-electron chi connectivity index (χ2n) is 4.64. The maximum Gasteiger partial charge on any atom is 0.323 e. The Morgan fingerprint density at radius 3 is 2.55 bits per heavy atom. The number of urea groups is 1. The molecule has 2 amide bonds. The first-order valence-corrected chi connectivity index (χ1v) is 6.92. The molecule has 0 unspecified atom stereocenters. The molecule has 0 radical (unpaired) electrons. The van der Waals surface area contributed by atoms with Crippen LogP contribution < -0.4 is 5.32 Å². The van der Waals surface area contributed by atoms with E-state index in [0.29, 0.717) is 13.1 Å². The number of carbonyl (C=O) groups is 2. The fourth-order valence-corrected chi connectivity index (χ4v) is 1.93. The van der Waals surface area contributed by atoms with Crippen LogP contribution in [0, 0.1) is 0 Å². The molecule has 0 heterocycles. The number of rotatable bonds is 8. The van der Waals surface area contributed by atoms with E-state index in [1.807, 2.05) is 25.1 Å². The molecule has 0 aliphatic carbocycles. The Balaban J connectivity index is 2.28. The van der Waals surface area contributed by atoms with Crippen molar-refractivity contribution in [1.82, 2.24) is 10.2 Å². The molecule has 0 spiro atoms. The fourth-order valence-electron chi connectivity index (χ4n) is 1.93. The van der Waals surface area contributed by atoms with Gasteiger partial charge in [-0.25, -0.2) is 4.79 Å². The Bertz CT molecular complexity index is 420. The summed E-state index contributed by atoms with van der Waals surface area (Å²) in [6.45, 7) is 2.67. The van der Waals surface area contributed by atoms with E-state index in [0.717, 1.165) is 19.3 Å². The first-order chi connectivity index (χ1) is 9.63. The SMILES string of the molecule is CCCN(CC(=O)O)C(=O)NCCCc1ccccc1. The van der Waals surface area contributed by atoms with Gasteiger partial charge in [0.25, 0.3) is 0 Å². The predicted molar refractivity (Wildman–Crippen MR) is 77.7 cm³/mol. The Morgan fingerprint density at radius 2 is 1.95 bits per heavy atom. The zero-order valence-corrected chi connectivity index (χ0v) is 11.8. The van der Waals surface area contributed by atoms with Crippen molar-refractivity contribution in [2.75, 3.05) is 19.6 Å². The standard InChI is InChI=1S/C15H22N2O3/c1-2-11-17(12-14(18)19)15(20)16-10-6-9-13-7-4-3-5-8-13/h3-5,7-8H,2,6,9-12H2,1H3,(H,16,20)(H,18,19). The Labute approximate surface area is 119 Å². The lowest BCUT2D eigenvalue weighted by molar-refractivity contribution is -0.137. The van der Waals surface area contributed by atoms with Crippen LogP contribution in [0.1, 0.15) is 25.3 Å². The number of aryl methyl sites for hydroxylation is 1. The molecule has 0 saturated heterocycles. The Hall–Kier alpha value is -2.04. The third-order valence-electron chi connectivity index (χ3n) is 2.87. The van der Waals surface area contributed by atoms with Crippen LogP contribution in [0.2, 0.25) is 0 Å². The Kier molecular flexibility index (Phi) is 7.17. The molecule has 0 aliphatic heterocycles. The highest BCUT2D eigenvalue weighted by Crippen LogP contribution is 2.01. The van der Waals surface area contributed by atoms with Gasteiger partial charge in [-0.3, -0.25) is 4.79 Å². The lowest BCUT2D eigenvalue weighted by Crippen LogP contribution is -2.43. The van der Waals surface area contributed by atoms with Crippen LogP contribution in [-0.4, -0.2) is 41.6 Å². The third kappa shape index (κ3) is 6.22.